The van der Waals surface area contributed by atoms with Crippen LogP contribution in [0, 0.1) is 5.82 Å². The fraction of sp³-hybridized carbons (Fsp3) is 0.333. The molecule has 0 spiro atoms. The van der Waals surface area contributed by atoms with Crippen LogP contribution in [0.4, 0.5) is 4.39 Å². The molecule has 0 saturated carbocycles. The van der Waals surface area contributed by atoms with E-state index in [4.69, 9.17) is 0 Å². The summed E-state index contributed by atoms with van der Waals surface area (Å²) in [6, 6.07) is 14.5. The lowest BCUT2D eigenvalue weighted by atomic mass is 10.00. The van der Waals surface area contributed by atoms with E-state index in [-0.39, 0.29) is 42.2 Å². The number of nitrogens with zero attached hydrogens (tertiary/aromatic N) is 2. The lowest BCUT2D eigenvalue weighted by molar-refractivity contribution is -0.130. The molecule has 0 aliphatic carbocycles. The maximum Gasteiger partial charge on any atom is 0.242 e. The second kappa shape index (κ2) is 11.0. The highest BCUT2D eigenvalue weighted by molar-refractivity contribution is 14.0. The van der Waals surface area contributed by atoms with Crippen molar-refractivity contribution < 1.29 is 9.18 Å². The Morgan fingerprint density at radius 1 is 1.11 bits per heavy atom. The third-order valence-electron chi connectivity index (χ3n) is 4.57. The Balaban J connectivity index is 0.00000280. The summed E-state index contributed by atoms with van der Waals surface area (Å²) in [5.41, 5.74) is 3.45. The van der Waals surface area contributed by atoms with Gasteiger partial charge in [-0.3, -0.25) is 4.79 Å². The Morgan fingerprint density at radius 2 is 1.82 bits per heavy atom. The van der Waals surface area contributed by atoms with Gasteiger partial charge in [0.1, 0.15) is 5.82 Å². The monoisotopic (exact) mass is 496 g/mol. The molecule has 5 nitrogen and oxygen atoms in total. The van der Waals surface area contributed by atoms with E-state index in [1.807, 2.05) is 24.0 Å². The molecule has 28 heavy (non-hydrogen) atoms. The van der Waals surface area contributed by atoms with Crippen LogP contribution in [0.1, 0.15) is 23.6 Å². The van der Waals surface area contributed by atoms with Gasteiger partial charge in [0.25, 0.3) is 0 Å². The van der Waals surface area contributed by atoms with Crippen molar-refractivity contribution in [3.05, 3.63) is 71.0 Å². The summed E-state index contributed by atoms with van der Waals surface area (Å²) >= 11 is 0. The van der Waals surface area contributed by atoms with E-state index in [1.165, 1.54) is 23.3 Å². The summed E-state index contributed by atoms with van der Waals surface area (Å²) < 4.78 is 13.0. The normalized spacial score (nSPS) is 13.4. The van der Waals surface area contributed by atoms with Crippen molar-refractivity contribution in [2.24, 2.45) is 4.99 Å². The highest BCUT2D eigenvalue weighted by Gasteiger charge is 2.20. The van der Waals surface area contributed by atoms with E-state index < -0.39 is 0 Å². The standard InChI is InChI=1S/C21H25FN4O.HI/c1-2-23-21(24-13-16-7-9-19(22)10-8-16)25-14-20(27)26-12-11-17-5-3-4-6-18(17)15-26;/h3-10H,2,11-15H2,1H3,(H2,23,24,25);1H. The largest absolute Gasteiger partial charge is 0.357 e. The van der Waals surface area contributed by atoms with Crippen LogP contribution in [0.5, 0.6) is 0 Å². The van der Waals surface area contributed by atoms with Crippen LogP contribution in [-0.2, 0) is 24.3 Å². The molecule has 2 aromatic carbocycles. The van der Waals surface area contributed by atoms with Crippen LogP contribution in [-0.4, -0.2) is 36.4 Å². The van der Waals surface area contributed by atoms with Crippen molar-refractivity contribution in [1.29, 1.82) is 0 Å². The van der Waals surface area contributed by atoms with Gasteiger partial charge in [-0.1, -0.05) is 36.4 Å². The van der Waals surface area contributed by atoms with Gasteiger partial charge >= 0.3 is 0 Å². The number of fused-ring (bicyclic) bond motifs is 1. The number of carbonyl (C=O) groups is 1. The molecule has 0 aromatic heterocycles. The average molecular weight is 496 g/mol. The Bertz CT molecular complexity index is 810. The Morgan fingerprint density at radius 3 is 2.54 bits per heavy atom. The maximum atomic E-state index is 13.0. The second-order valence-electron chi connectivity index (χ2n) is 6.51. The fourth-order valence-electron chi connectivity index (χ4n) is 3.08. The minimum atomic E-state index is -0.263. The lowest BCUT2D eigenvalue weighted by Crippen LogP contribution is -2.45. The SMILES string of the molecule is CCNC(=NCc1ccc(F)cc1)NCC(=O)N1CCc2ccccc2C1.I. The number of halogens is 2. The van der Waals surface area contributed by atoms with Crippen LogP contribution in [0.3, 0.4) is 0 Å². The molecule has 2 N–H and O–H groups in total. The second-order valence-corrected chi connectivity index (χ2v) is 6.51. The van der Waals surface area contributed by atoms with Gasteiger partial charge in [-0.2, -0.15) is 0 Å². The molecule has 2 aromatic rings. The van der Waals surface area contributed by atoms with Gasteiger partial charge < -0.3 is 15.5 Å². The molecule has 1 aliphatic heterocycles. The topological polar surface area (TPSA) is 56.7 Å². The van der Waals surface area contributed by atoms with E-state index in [2.05, 4.69) is 27.8 Å². The molecule has 0 bridgehead atoms. The predicted octanol–water partition coefficient (Wildman–Crippen LogP) is 3.08. The summed E-state index contributed by atoms with van der Waals surface area (Å²) in [4.78, 5) is 18.9. The summed E-state index contributed by atoms with van der Waals surface area (Å²) in [7, 11) is 0. The summed E-state index contributed by atoms with van der Waals surface area (Å²) in [5.74, 6) is 0.367. The molecule has 1 amide bonds. The number of hydrogen-bond acceptors (Lipinski definition) is 2. The number of carbonyl (C=O) groups excluding carboxylic acids is 1. The molecule has 1 aliphatic rings. The maximum absolute atomic E-state index is 13.0. The van der Waals surface area contributed by atoms with Crippen molar-refractivity contribution in [3.8, 4) is 0 Å². The molecular formula is C21H26FIN4O. The minimum absolute atomic E-state index is 0. The quantitative estimate of drug-likeness (QED) is 0.380. The van der Waals surface area contributed by atoms with Crippen LogP contribution in [0.25, 0.3) is 0 Å². The van der Waals surface area contributed by atoms with Crippen LogP contribution >= 0.6 is 24.0 Å². The van der Waals surface area contributed by atoms with Crippen molar-refractivity contribution >= 4 is 35.8 Å². The number of rotatable bonds is 5. The summed E-state index contributed by atoms with van der Waals surface area (Å²) in [6.07, 6.45) is 0.890. The smallest absolute Gasteiger partial charge is 0.242 e. The Labute approximate surface area is 182 Å². The lowest BCUT2D eigenvalue weighted by Gasteiger charge is -2.29. The van der Waals surface area contributed by atoms with Gasteiger partial charge in [-0.15, -0.1) is 24.0 Å². The average Bonchev–Trinajstić information content (AvgIpc) is 2.70. The number of benzene rings is 2. The fourth-order valence-corrected chi connectivity index (χ4v) is 3.08. The molecule has 150 valence electrons. The molecular weight excluding hydrogens is 470 g/mol. The minimum Gasteiger partial charge on any atom is -0.357 e. The number of nitrogens with one attached hydrogen (secondary N) is 2. The third kappa shape index (κ3) is 6.19. The van der Waals surface area contributed by atoms with Crippen LogP contribution in [0.2, 0.25) is 0 Å². The molecule has 0 unspecified atom stereocenters. The number of amides is 1. The molecule has 1 heterocycles. The predicted molar refractivity (Wildman–Crippen MR) is 120 cm³/mol. The number of guanidine groups is 1. The van der Waals surface area contributed by atoms with Gasteiger partial charge in [-0.05, 0) is 42.2 Å². The first-order chi connectivity index (χ1) is 13.2. The Hall–Kier alpha value is -2.16. The molecule has 0 fully saturated rings. The third-order valence-corrected chi connectivity index (χ3v) is 4.57. The van der Waals surface area contributed by atoms with E-state index in [1.54, 1.807) is 12.1 Å². The van der Waals surface area contributed by atoms with Crippen molar-refractivity contribution in [3.63, 3.8) is 0 Å². The molecule has 7 heteroatoms. The summed E-state index contributed by atoms with van der Waals surface area (Å²) in [5, 5.41) is 6.23. The first-order valence-electron chi connectivity index (χ1n) is 9.27. The van der Waals surface area contributed by atoms with Gasteiger partial charge in [-0.25, -0.2) is 9.38 Å². The van der Waals surface area contributed by atoms with Crippen molar-refractivity contribution in [2.75, 3.05) is 19.6 Å². The number of aliphatic imine (C=N–C) groups is 1. The highest BCUT2D eigenvalue weighted by Crippen LogP contribution is 2.18. The van der Waals surface area contributed by atoms with Crippen molar-refractivity contribution in [2.45, 2.75) is 26.4 Å². The zero-order valence-electron chi connectivity index (χ0n) is 16.0. The van der Waals surface area contributed by atoms with E-state index in [9.17, 15) is 9.18 Å². The van der Waals surface area contributed by atoms with E-state index in [0.717, 1.165) is 18.5 Å². The molecule has 0 atom stereocenters. The zero-order valence-corrected chi connectivity index (χ0v) is 18.3. The molecule has 0 radical (unpaired) electrons. The van der Waals surface area contributed by atoms with Crippen LogP contribution in [0.15, 0.2) is 53.5 Å². The highest BCUT2D eigenvalue weighted by atomic mass is 127. The van der Waals surface area contributed by atoms with Gasteiger partial charge in [0, 0.05) is 19.6 Å². The van der Waals surface area contributed by atoms with E-state index >= 15 is 0 Å². The van der Waals surface area contributed by atoms with E-state index in [0.29, 0.717) is 25.6 Å². The molecule has 3 rings (SSSR count). The first kappa shape index (κ1) is 22.1. The van der Waals surface area contributed by atoms with Crippen molar-refractivity contribution in [1.82, 2.24) is 15.5 Å². The zero-order chi connectivity index (χ0) is 19.1. The summed E-state index contributed by atoms with van der Waals surface area (Å²) in [6.45, 7) is 4.66. The first-order valence-corrected chi connectivity index (χ1v) is 9.27. The number of hydrogen-bond donors (Lipinski definition) is 2. The van der Waals surface area contributed by atoms with Crippen LogP contribution < -0.4 is 10.6 Å². The molecule has 0 saturated heterocycles. The van der Waals surface area contributed by atoms with Gasteiger partial charge in [0.15, 0.2) is 5.96 Å². The Kier molecular flexibility index (Phi) is 8.69. The van der Waals surface area contributed by atoms with Gasteiger partial charge in [0.05, 0.1) is 13.1 Å². The van der Waals surface area contributed by atoms with Gasteiger partial charge in [0.2, 0.25) is 5.91 Å².